The molecule has 3 aromatic carbocycles. The second-order valence-electron chi connectivity index (χ2n) is 7.21. The second-order valence-corrected chi connectivity index (χ2v) is 10.0. The lowest BCUT2D eigenvalue weighted by Gasteiger charge is -2.14. The van der Waals surface area contributed by atoms with E-state index < -0.39 is 10.9 Å². The average Bonchev–Trinajstić information content (AvgIpc) is 3.19. The van der Waals surface area contributed by atoms with Crippen LogP contribution in [0.2, 0.25) is 5.02 Å². The topological polar surface area (TPSA) is 100 Å². The number of halogens is 3. The largest absolute Gasteiger partial charge is 0.493 e. The summed E-state index contributed by atoms with van der Waals surface area (Å²) in [5.41, 5.74) is 1.67. The van der Waals surface area contributed by atoms with Gasteiger partial charge in [-0.05, 0) is 98.8 Å². The van der Waals surface area contributed by atoms with Gasteiger partial charge in [-0.25, -0.2) is 9.79 Å². The highest BCUT2D eigenvalue weighted by atomic mass is 127. The Morgan fingerprint density at radius 3 is 2.57 bits per heavy atom. The van der Waals surface area contributed by atoms with Crippen LogP contribution in [0.3, 0.4) is 0 Å². The summed E-state index contributed by atoms with van der Waals surface area (Å²) in [6.45, 7) is 0.372. The lowest BCUT2D eigenvalue weighted by atomic mass is 10.1. The molecule has 0 radical (unpaired) electrons. The fraction of sp³-hybridized carbons (Fsp3) is 0.0833. The van der Waals surface area contributed by atoms with Crippen molar-refractivity contribution < 1.29 is 23.9 Å². The van der Waals surface area contributed by atoms with E-state index in [2.05, 4.69) is 50.2 Å². The number of nitrogens with zero attached hydrogens (tertiary/aromatic N) is 2. The van der Waals surface area contributed by atoms with E-state index in [1.807, 2.05) is 30.3 Å². The fourth-order valence-corrected chi connectivity index (χ4v) is 4.50. The molecule has 0 spiro atoms. The summed E-state index contributed by atoms with van der Waals surface area (Å²) in [6.07, 6.45) is 1.55. The Hall–Kier alpha value is -2.71. The van der Waals surface area contributed by atoms with Gasteiger partial charge in [0.25, 0.3) is 5.69 Å². The summed E-state index contributed by atoms with van der Waals surface area (Å²) in [5, 5.41) is 11.1. The number of carbonyl (C=O) groups is 1. The molecule has 0 aliphatic carbocycles. The Balaban J connectivity index is 1.60. The number of methoxy groups -OCH3 is 1. The van der Waals surface area contributed by atoms with Crippen molar-refractivity contribution in [3.8, 4) is 11.5 Å². The van der Waals surface area contributed by atoms with E-state index in [1.54, 1.807) is 12.1 Å². The zero-order chi connectivity index (χ0) is 25.1. The molecule has 0 amide bonds. The molecule has 35 heavy (non-hydrogen) atoms. The third-order valence-corrected chi connectivity index (χ3v) is 6.70. The number of nitro benzene ring substituents is 1. The molecule has 1 aliphatic rings. The number of rotatable bonds is 7. The molecule has 4 rings (SSSR count). The van der Waals surface area contributed by atoms with Gasteiger partial charge in [0.1, 0.15) is 11.6 Å². The number of hydrogen-bond donors (Lipinski definition) is 0. The maximum Gasteiger partial charge on any atom is 0.363 e. The molecule has 0 atom stereocenters. The van der Waals surface area contributed by atoms with E-state index in [1.165, 1.54) is 25.3 Å². The first-order valence-electron chi connectivity index (χ1n) is 9.97. The standard InChI is InChI=1S/C24H15ClI2N2O6/c1-33-21-10-14(8-18(27)22(21)34-12-13-2-5-16(26)6-3-13)9-19-24(30)35-23(28-19)15-4-7-17(25)20(11-15)29(31)32/h2-11H,12H2,1H3/b19-9-. The molecule has 178 valence electrons. The van der Waals surface area contributed by atoms with Crippen LogP contribution in [0.25, 0.3) is 6.08 Å². The van der Waals surface area contributed by atoms with Crippen molar-refractivity contribution in [2.45, 2.75) is 6.61 Å². The van der Waals surface area contributed by atoms with E-state index >= 15 is 0 Å². The molecular formula is C24H15ClI2N2O6. The molecular weight excluding hydrogens is 702 g/mol. The number of benzene rings is 3. The quantitative estimate of drug-likeness (QED) is 0.0925. The van der Waals surface area contributed by atoms with E-state index in [0.29, 0.717) is 23.7 Å². The van der Waals surface area contributed by atoms with Crippen LogP contribution in [-0.4, -0.2) is 23.9 Å². The van der Waals surface area contributed by atoms with Crippen LogP contribution in [0.15, 0.2) is 65.3 Å². The van der Waals surface area contributed by atoms with Gasteiger partial charge >= 0.3 is 5.97 Å². The maximum absolute atomic E-state index is 12.4. The molecule has 0 aromatic heterocycles. The van der Waals surface area contributed by atoms with E-state index in [-0.39, 0.29) is 27.9 Å². The van der Waals surface area contributed by atoms with Gasteiger partial charge in [-0.1, -0.05) is 23.7 Å². The molecule has 1 aliphatic heterocycles. The van der Waals surface area contributed by atoms with Gasteiger partial charge in [-0.15, -0.1) is 0 Å². The monoisotopic (exact) mass is 716 g/mol. The Morgan fingerprint density at radius 2 is 1.89 bits per heavy atom. The first-order valence-corrected chi connectivity index (χ1v) is 12.5. The predicted octanol–water partition coefficient (Wildman–Crippen LogP) is 6.39. The lowest BCUT2D eigenvalue weighted by molar-refractivity contribution is -0.384. The third-order valence-electron chi connectivity index (χ3n) is 4.86. The van der Waals surface area contributed by atoms with Crippen molar-refractivity contribution in [1.82, 2.24) is 0 Å². The number of nitro groups is 1. The van der Waals surface area contributed by atoms with E-state index in [9.17, 15) is 14.9 Å². The van der Waals surface area contributed by atoms with Gasteiger partial charge in [0.15, 0.2) is 17.2 Å². The van der Waals surface area contributed by atoms with Gasteiger partial charge in [-0.2, -0.15) is 0 Å². The highest BCUT2D eigenvalue weighted by molar-refractivity contribution is 14.1. The van der Waals surface area contributed by atoms with Gasteiger partial charge in [0, 0.05) is 15.2 Å². The molecule has 0 N–H and O–H groups in total. The first-order chi connectivity index (χ1) is 16.7. The molecule has 0 saturated carbocycles. The van der Waals surface area contributed by atoms with Crippen LogP contribution in [0.1, 0.15) is 16.7 Å². The highest BCUT2D eigenvalue weighted by Gasteiger charge is 2.26. The number of aliphatic imine (C=N–C) groups is 1. The Kier molecular flexibility index (Phi) is 7.91. The summed E-state index contributed by atoms with van der Waals surface area (Å²) < 4.78 is 18.7. The van der Waals surface area contributed by atoms with Crippen molar-refractivity contribution in [1.29, 1.82) is 0 Å². The van der Waals surface area contributed by atoms with Crippen LogP contribution in [-0.2, 0) is 16.1 Å². The maximum atomic E-state index is 12.4. The van der Waals surface area contributed by atoms with Crippen molar-refractivity contribution in [2.24, 2.45) is 4.99 Å². The summed E-state index contributed by atoms with van der Waals surface area (Å²) in [4.78, 5) is 27.2. The first kappa shape index (κ1) is 25.4. The SMILES string of the molecule is COc1cc(/C=C2\N=C(c3ccc(Cl)c([N+](=O)[O-])c3)OC2=O)cc(I)c1OCc1ccc(I)cc1. The number of cyclic esters (lactones) is 1. The smallest absolute Gasteiger partial charge is 0.363 e. The number of esters is 1. The molecule has 1 heterocycles. The minimum Gasteiger partial charge on any atom is -0.493 e. The van der Waals surface area contributed by atoms with Gasteiger partial charge in [0.2, 0.25) is 5.90 Å². The average molecular weight is 717 g/mol. The van der Waals surface area contributed by atoms with Gasteiger partial charge in [-0.3, -0.25) is 10.1 Å². The summed E-state index contributed by atoms with van der Waals surface area (Å²) in [6, 6.07) is 15.6. The number of hydrogen-bond acceptors (Lipinski definition) is 7. The summed E-state index contributed by atoms with van der Waals surface area (Å²) in [7, 11) is 1.54. The second kappa shape index (κ2) is 10.9. The number of ether oxygens (including phenoxy) is 3. The van der Waals surface area contributed by atoms with Crippen LogP contribution in [0.4, 0.5) is 5.69 Å². The number of carbonyl (C=O) groups excluding carboxylic acids is 1. The minimum absolute atomic E-state index is 0.0227. The van der Waals surface area contributed by atoms with E-state index in [0.717, 1.165) is 12.7 Å². The predicted molar refractivity (Wildman–Crippen MR) is 148 cm³/mol. The molecule has 0 fully saturated rings. The van der Waals surface area contributed by atoms with Gasteiger partial charge in [0.05, 0.1) is 15.6 Å². The normalized spacial score (nSPS) is 14.0. The zero-order valence-corrected chi connectivity index (χ0v) is 23.0. The van der Waals surface area contributed by atoms with E-state index in [4.69, 9.17) is 25.8 Å². The molecule has 3 aromatic rings. The van der Waals surface area contributed by atoms with Crippen molar-refractivity contribution >= 4 is 80.4 Å². The summed E-state index contributed by atoms with van der Waals surface area (Å²) >= 11 is 10.2. The van der Waals surface area contributed by atoms with Crippen molar-refractivity contribution in [2.75, 3.05) is 7.11 Å². The van der Waals surface area contributed by atoms with Crippen LogP contribution in [0, 0.1) is 17.3 Å². The third kappa shape index (κ3) is 5.93. The lowest BCUT2D eigenvalue weighted by Crippen LogP contribution is -2.06. The molecule has 0 unspecified atom stereocenters. The fourth-order valence-electron chi connectivity index (χ4n) is 3.18. The minimum atomic E-state index is -0.675. The molecule has 0 saturated heterocycles. The van der Waals surface area contributed by atoms with Crippen molar-refractivity contribution in [3.05, 3.63) is 99.3 Å². The molecule has 11 heteroatoms. The van der Waals surface area contributed by atoms with Gasteiger partial charge < -0.3 is 14.2 Å². The Bertz CT molecular complexity index is 1390. The molecule has 0 bridgehead atoms. The van der Waals surface area contributed by atoms with Crippen LogP contribution >= 0.6 is 56.8 Å². The van der Waals surface area contributed by atoms with Crippen molar-refractivity contribution in [3.63, 3.8) is 0 Å². The highest BCUT2D eigenvalue weighted by Crippen LogP contribution is 2.36. The Labute approximate surface area is 232 Å². The zero-order valence-electron chi connectivity index (χ0n) is 18.0. The Morgan fingerprint density at radius 1 is 1.14 bits per heavy atom. The summed E-state index contributed by atoms with van der Waals surface area (Å²) in [5.74, 6) is 0.365. The van der Waals surface area contributed by atoms with Crippen LogP contribution < -0.4 is 9.47 Å². The van der Waals surface area contributed by atoms with Crippen LogP contribution in [0.5, 0.6) is 11.5 Å². The molecule has 8 nitrogen and oxygen atoms in total.